The lowest BCUT2D eigenvalue weighted by molar-refractivity contribution is 0.185. The number of hydrogen-bond donors (Lipinski definition) is 1. The minimum atomic E-state index is 0.337. The molecule has 2 N–H and O–H groups in total. The Kier molecular flexibility index (Phi) is 4.25. The molecule has 0 aromatic heterocycles. The Bertz CT molecular complexity index is 377. The molecule has 1 aliphatic heterocycles. The fourth-order valence-corrected chi connectivity index (χ4v) is 2.71. The minimum Gasteiger partial charge on any atom is -0.380 e. The average molecular weight is 248 g/mol. The van der Waals surface area contributed by atoms with Crippen molar-refractivity contribution in [2.24, 2.45) is 11.7 Å². The largest absolute Gasteiger partial charge is 0.380 e. The van der Waals surface area contributed by atoms with E-state index in [1.165, 1.54) is 11.3 Å². The van der Waals surface area contributed by atoms with Gasteiger partial charge in [-0.2, -0.15) is 0 Å². The molecule has 0 aliphatic carbocycles. The molecule has 0 saturated carbocycles. The van der Waals surface area contributed by atoms with E-state index < -0.39 is 0 Å². The molecule has 100 valence electrons. The molecule has 1 saturated heterocycles. The molecular weight excluding hydrogens is 224 g/mol. The molecular formula is C15H24N2O. The number of methoxy groups -OCH3 is 1. The van der Waals surface area contributed by atoms with E-state index in [4.69, 9.17) is 10.5 Å². The highest BCUT2D eigenvalue weighted by molar-refractivity contribution is 5.49. The second kappa shape index (κ2) is 5.72. The summed E-state index contributed by atoms with van der Waals surface area (Å²) in [6.07, 6.45) is 1.07. The van der Waals surface area contributed by atoms with Crippen molar-refractivity contribution in [3.8, 4) is 0 Å². The van der Waals surface area contributed by atoms with Gasteiger partial charge >= 0.3 is 0 Å². The average Bonchev–Trinajstić information content (AvgIpc) is 2.38. The predicted octanol–water partition coefficient (Wildman–Crippen LogP) is 2.40. The summed E-state index contributed by atoms with van der Waals surface area (Å²) < 4.78 is 5.14. The number of ether oxygens (including phenoxy) is 1. The van der Waals surface area contributed by atoms with E-state index in [1.54, 1.807) is 7.11 Å². The Morgan fingerprint density at radius 3 is 2.56 bits per heavy atom. The molecule has 3 nitrogen and oxygen atoms in total. The van der Waals surface area contributed by atoms with Crippen LogP contribution in [0.2, 0.25) is 0 Å². The molecule has 3 heteroatoms. The van der Waals surface area contributed by atoms with Crippen LogP contribution in [0.15, 0.2) is 24.3 Å². The maximum atomic E-state index is 6.13. The van der Waals surface area contributed by atoms with Crippen LogP contribution in [0, 0.1) is 5.92 Å². The lowest BCUT2D eigenvalue weighted by Crippen LogP contribution is -2.51. The van der Waals surface area contributed by atoms with Gasteiger partial charge in [-0.3, -0.25) is 0 Å². The van der Waals surface area contributed by atoms with Gasteiger partial charge in [0.05, 0.1) is 6.61 Å². The zero-order chi connectivity index (χ0) is 13.1. The number of nitrogens with two attached hydrogens (primary N) is 1. The third kappa shape index (κ3) is 2.68. The fraction of sp³-hybridized carbons (Fsp3) is 0.600. The van der Waals surface area contributed by atoms with Crippen LogP contribution in [0.3, 0.4) is 0 Å². The van der Waals surface area contributed by atoms with E-state index >= 15 is 0 Å². The van der Waals surface area contributed by atoms with Crippen molar-refractivity contribution in [2.45, 2.75) is 39.0 Å². The fourth-order valence-electron chi connectivity index (χ4n) is 2.71. The number of benzene rings is 1. The third-order valence-corrected chi connectivity index (χ3v) is 4.21. The van der Waals surface area contributed by atoms with Gasteiger partial charge in [-0.15, -0.1) is 0 Å². The summed E-state index contributed by atoms with van der Waals surface area (Å²) in [4.78, 5) is 2.46. The zero-order valence-electron chi connectivity index (χ0n) is 11.6. The summed E-state index contributed by atoms with van der Waals surface area (Å²) in [5.41, 5.74) is 8.64. The predicted molar refractivity (Wildman–Crippen MR) is 75.7 cm³/mol. The van der Waals surface area contributed by atoms with Gasteiger partial charge in [0, 0.05) is 31.4 Å². The van der Waals surface area contributed by atoms with E-state index in [9.17, 15) is 0 Å². The van der Waals surface area contributed by atoms with Crippen LogP contribution in [0.1, 0.15) is 25.8 Å². The first-order chi connectivity index (χ1) is 8.63. The van der Waals surface area contributed by atoms with Crippen LogP contribution in [0.25, 0.3) is 0 Å². The number of piperidine rings is 1. The van der Waals surface area contributed by atoms with Gasteiger partial charge in [0.1, 0.15) is 0 Å². The highest BCUT2D eigenvalue weighted by atomic mass is 16.5. The highest BCUT2D eigenvalue weighted by Crippen LogP contribution is 2.28. The topological polar surface area (TPSA) is 38.5 Å². The molecule has 2 rings (SSSR count). The maximum Gasteiger partial charge on any atom is 0.0713 e. The molecule has 0 radical (unpaired) electrons. The van der Waals surface area contributed by atoms with Gasteiger partial charge in [0.2, 0.25) is 0 Å². The van der Waals surface area contributed by atoms with Gasteiger partial charge in [-0.05, 0) is 37.0 Å². The van der Waals surface area contributed by atoms with E-state index in [2.05, 4.69) is 43.0 Å². The first kappa shape index (κ1) is 13.4. The van der Waals surface area contributed by atoms with Crippen molar-refractivity contribution >= 4 is 5.69 Å². The minimum absolute atomic E-state index is 0.337. The molecule has 18 heavy (non-hydrogen) atoms. The van der Waals surface area contributed by atoms with Crippen molar-refractivity contribution in [3.63, 3.8) is 0 Å². The SMILES string of the molecule is COCc1ccc(N2CCC(N)C(C)C2C)cc1. The van der Waals surface area contributed by atoms with Crippen molar-refractivity contribution < 1.29 is 4.74 Å². The van der Waals surface area contributed by atoms with Crippen LogP contribution in [0.5, 0.6) is 0 Å². The maximum absolute atomic E-state index is 6.13. The highest BCUT2D eigenvalue weighted by Gasteiger charge is 2.30. The smallest absolute Gasteiger partial charge is 0.0713 e. The lowest BCUT2D eigenvalue weighted by Gasteiger charge is -2.42. The third-order valence-electron chi connectivity index (χ3n) is 4.21. The van der Waals surface area contributed by atoms with Crippen LogP contribution >= 0.6 is 0 Å². The van der Waals surface area contributed by atoms with Crippen LogP contribution in [-0.2, 0) is 11.3 Å². The summed E-state index contributed by atoms with van der Waals surface area (Å²) in [5.74, 6) is 0.539. The normalized spacial score (nSPS) is 28.4. The lowest BCUT2D eigenvalue weighted by atomic mass is 9.87. The van der Waals surface area contributed by atoms with E-state index in [-0.39, 0.29) is 0 Å². The second-order valence-corrected chi connectivity index (χ2v) is 5.35. The first-order valence-electron chi connectivity index (χ1n) is 6.73. The van der Waals surface area contributed by atoms with Crippen molar-refractivity contribution in [1.29, 1.82) is 0 Å². The Morgan fingerprint density at radius 2 is 1.94 bits per heavy atom. The standard InChI is InChI=1S/C15H24N2O/c1-11-12(2)17(9-8-15(11)16)14-6-4-13(5-7-14)10-18-3/h4-7,11-12,15H,8-10,16H2,1-3H3. The van der Waals surface area contributed by atoms with E-state index in [1.807, 2.05) is 0 Å². The number of anilines is 1. The van der Waals surface area contributed by atoms with Gasteiger partial charge in [-0.1, -0.05) is 19.1 Å². The Balaban J connectivity index is 2.11. The number of hydrogen-bond acceptors (Lipinski definition) is 3. The zero-order valence-corrected chi connectivity index (χ0v) is 11.6. The summed E-state index contributed by atoms with van der Waals surface area (Å²) >= 11 is 0. The van der Waals surface area contributed by atoms with Gasteiger partial charge in [0.25, 0.3) is 0 Å². The van der Waals surface area contributed by atoms with Crippen LogP contribution in [0.4, 0.5) is 5.69 Å². The molecule has 1 aromatic rings. The van der Waals surface area contributed by atoms with Gasteiger partial charge in [-0.25, -0.2) is 0 Å². The van der Waals surface area contributed by atoms with Crippen molar-refractivity contribution in [3.05, 3.63) is 29.8 Å². The molecule has 1 aromatic carbocycles. The summed E-state index contributed by atoms with van der Waals surface area (Å²) in [7, 11) is 1.73. The molecule has 1 aliphatic rings. The quantitative estimate of drug-likeness (QED) is 0.892. The summed E-state index contributed by atoms with van der Waals surface area (Å²) in [5, 5.41) is 0. The molecule has 0 bridgehead atoms. The van der Waals surface area contributed by atoms with Crippen LogP contribution in [-0.4, -0.2) is 25.7 Å². The molecule has 1 heterocycles. The Morgan fingerprint density at radius 1 is 1.28 bits per heavy atom. The van der Waals surface area contributed by atoms with Crippen LogP contribution < -0.4 is 10.6 Å². The van der Waals surface area contributed by atoms with Crippen molar-refractivity contribution in [2.75, 3.05) is 18.6 Å². The molecule has 3 atom stereocenters. The van der Waals surface area contributed by atoms with Gasteiger partial charge < -0.3 is 15.4 Å². The molecule has 0 amide bonds. The Labute approximate surface area is 110 Å². The Hall–Kier alpha value is -1.06. The first-order valence-corrected chi connectivity index (χ1v) is 6.73. The number of nitrogens with zero attached hydrogens (tertiary/aromatic N) is 1. The van der Waals surface area contributed by atoms with Gasteiger partial charge in [0.15, 0.2) is 0 Å². The summed E-state index contributed by atoms with van der Waals surface area (Å²) in [6.45, 7) is 6.25. The summed E-state index contributed by atoms with van der Waals surface area (Å²) in [6, 6.07) is 9.50. The van der Waals surface area contributed by atoms with E-state index in [0.717, 1.165) is 13.0 Å². The molecule has 0 spiro atoms. The molecule has 1 fully saturated rings. The monoisotopic (exact) mass is 248 g/mol. The second-order valence-electron chi connectivity index (χ2n) is 5.35. The van der Waals surface area contributed by atoms with E-state index in [0.29, 0.717) is 24.6 Å². The number of rotatable bonds is 3. The molecule has 3 unspecified atom stereocenters. The van der Waals surface area contributed by atoms with Crippen molar-refractivity contribution in [1.82, 2.24) is 0 Å².